The van der Waals surface area contributed by atoms with Crippen LogP contribution in [0.5, 0.6) is 5.75 Å². The Labute approximate surface area is 154 Å². The SMILES string of the molecule is COc1cc(N2CCOC(COC(C)C)C2)c(-c2cnn(C)c2)cc1N. The molecule has 1 aromatic carbocycles. The maximum Gasteiger partial charge on any atom is 0.143 e. The summed E-state index contributed by atoms with van der Waals surface area (Å²) in [5.74, 6) is 0.675. The van der Waals surface area contributed by atoms with E-state index in [2.05, 4.69) is 10.00 Å². The highest BCUT2D eigenvalue weighted by atomic mass is 16.5. The van der Waals surface area contributed by atoms with Crippen molar-refractivity contribution in [2.45, 2.75) is 26.1 Å². The molecule has 1 unspecified atom stereocenters. The lowest BCUT2D eigenvalue weighted by Crippen LogP contribution is -2.45. The summed E-state index contributed by atoms with van der Waals surface area (Å²) in [5.41, 5.74) is 9.92. The number of methoxy groups -OCH3 is 1. The van der Waals surface area contributed by atoms with Gasteiger partial charge in [-0.2, -0.15) is 5.10 Å². The third-order valence-electron chi connectivity index (χ3n) is 4.46. The number of anilines is 2. The number of aromatic nitrogens is 2. The Kier molecular flexibility index (Phi) is 5.68. The van der Waals surface area contributed by atoms with Crippen LogP contribution in [-0.2, 0) is 16.5 Å². The summed E-state index contributed by atoms with van der Waals surface area (Å²) in [7, 11) is 3.54. The molecule has 7 nitrogen and oxygen atoms in total. The van der Waals surface area contributed by atoms with Gasteiger partial charge in [-0.15, -0.1) is 0 Å². The first-order valence-corrected chi connectivity index (χ1v) is 8.92. The number of hydrogen-bond acceptors (Lipinski definition) is 6. The molecule has 0 amide bonds. The number of ether oxygens (including phenoxy) is 3. The van der Waals surface area contributed by atoms with E-state index < -0.39 is 0 Å². The lowest BCUT2D eigenvalue weighted by atomic mass is 10.0. The van der Waals surface area contributed by atoms with Crippen molar-refractivity contribution >= 4 is 11.4 Å². The summed E-state index contributed by atoms with van der Waals surface area (Å²) in [4.78, 5) is 2.31. The van der Waals surface area contributed by atoms with E-state index in [-0.39, 0.29) is 12.2 Å². The smallest absolute Gasteiger partial charge is 0.143 e. The number of hydrogen-bond donors (Lipinski definition) is 1. The second-order valence-corrected chi connectivity index (χ2v) is 6.83. The number of morpholine rings is 1. The monoisotopic (exact) mass is 360 g/mol. The van der Waals surface area contributed by atoms with Crippen molar-refractivity contribution in [1.29, 1.82) is 0 Å². The maximum atomic E-state index is 6.17. The standard InChI is InChI=1S/C19H28N4O3/c1-13(2)26-12-15-11-23(5-6-25-15)18-8-19(24-4)17(20)7-16(18)14-9-21-22(3)10-14/h7-10,13,15H,5-6,11-12,20H2,1-4H3. The van der Waals surface area contributed by atoms with Gasteiger partial charge in [0.2, 0.25) is 0 Å². The van der Waals surface area contributed by atoms with Gasteiger partial charge in [0.1, 0.15) is 5.75 Å². The predicted octanol–water partition coefficient (Wildman–Crippen LogP) is 2.31. The molecule has 2 heterocycles. The minimum absolute atomic E-state index is 0.0384. The second kappa shape index (κ2) is 7.97. The second-order valence-electron chi connectivity index (χ2n) is 6.83. The van der Waals surface area contributed by atoms with Gasteiger partial charge in [-0.25, -0.2) is 0 Å². The molecule has 1 saturated heterocycles. The minimum Gasteiger partial charge on any atom is -0.495 e. The number of nitrogens with two attached hydrogens (primary N) is 1. The zero-order valence-corrected chi connectivity index (χ0v) is 15.9. The van der Waals surface area contributed by atoms with E-state index in [1.54, 1.807) is 11.8 Å². The summed E-state index contributed by atoms with van der Waals surface area (Å²) in [5, 5.41) is 4.30. The van der Waals surface area contributed by atoms with Gasteiger partial charge < -0.3 is 24.8 Å². The van der Waals surface area contributed by atoms with E-state index in [0.29, 0.717) is 24.7 Å². The van der Waals surface area contributed by atoms with Gasteiger partial charge in [0.05, 0.1) is 44.4 Å². The molecule has 1 aliphatic heterocycles. The van der Waals surface area contributed by atoms with Gasteiger partial charge in [0, 0.05) is 49.2 Å². The average molecular weight is 360 g/mol. The Morgan fingerprint density at radius 2 is 2.19 bits per heavy atom. The molecule has 7 heteroatoms. The van der Waals surface area contributed by atoms with Crippen molar-refractivity contribution in [3.05, 3.63) is 24.5 Å². The van der Waals surface area contributed by atoms with Crippen molar-refractivity contribution in [3.8, 4) is 16.9 Å². The molecule has 1 atom stereocenters. The molecule has 142 valence electrons. The van der Waals surface area contributed by atoms with E-state index in [0.717, 1.165) is 29.9 Å². The van der Waals surface area contributed by atoms with Crippen LogP contribution in [-0.4, -0.2) is 55.4 Å². The maximum absolute atomic E-state index is 6.17. The molecular weight excluding hydrogens is 332 g/mol. The third kappa shape index (κ3) is 4.11. The Bertz CT molecular complexity index is 744. The lowest BCUT2D eigenvalue weighted by molar-refractivity contribution is -0.0405. The van der Waals surface area contributed by atoms with Crippen LogP contribution in [0.1, 0.15) is 13.8 Å². The molecule has 0 saturated carbocycles. The number of aryl methyl sites for hydroxylation is 1. The van der Waals surface area contributed by atoms with Crippen molar-refractivity contribution < 1.29 is 14.2 Å². The summed E-state index contributed by atoms with van der Waals surface area (Å²) in [6.07, 6.45) is 4.07. The molecular formula is C19H28N4O3. The summed E-state index contributed by atoms with van der Waals surface area (Å²) >= 11 is 0. The number of benzene rings is 1. The molecule has 0 radical (unpaired) electrons. The highest BCUT2D eigenvalue weighted by molar-refractivity contribution is 5.83. The molecule has 1 aliphatic rings. The van der Waals surface area contributed by atoms with Gasteiger partial charge in [-0.1, -0.05) is 0 Å². The molecule has 0 spiro atoms. The van der Waals surface area contributed by atoms with Crippen LogP contribution in [0.4, 0.5) is 11.4 Å². The predicted molar refractivity (Wildman–Crippen MR) is 103 cm³/mol. The van der Waals surface area contributed by atoms with Gasteiger partial charge in [0.15, 0.2) is 0 Å². The van der Waals surface area contributed by atoms with Crippen LogP contribution in [0.15, 0.2) is 24.5 Å². The summed E-state index contributed by atoms with van der Waals surface area (Å²) in [6.45, 7) is 6.87. The molecule has 26 heavy (non-hydrogen) atoms. The highest BCUT2D eigenvalue weighted by Gasteiger charge is 2.24. The normalized spacial score (nSPS) is 17.7. The summed E-state index contributed by atoms with van der Waals surface area (Å²) in [6, 6.07) is 3.96. The minimum atomic E-state index is 0.0384. The van der Waals surface area contributed by atoms with Gasteiger partial charge in [-0.3, -0.25) is 4.68 Å². The van der Waals surface area contributed by atoms with Crippen LogP contribution in [0, 0.1) is 0 Å². The number of nitrogens with zero attached hydrogens (tertiary/aromatic N) is 3. The molecule has 0 aliphatic carbocycles. The van der Waals surface area contributed by atoms with Crippen LogP contribution in [0.3, 0.4) is 0 Å². The molecule has 3 rings (SSSR count). The molecule has 2 N–H and O–H groups in total. The first-order chi connectivity index (χ1) is 12.5. The van der Waals surface area contributed by atoms with Crippen LogP contribution >= 0.6 is 0 Å². The van der Waals surface area contributed by atoms with E-state index in [1.807, 2.05) is 45.4 Å². The largest absolute Gasteiger partial charge is 0.495 e. The first kappa shape index (κ1) is 18.5. The van der Waals surface area contributed by atoms with Crippen molar-refractivity contribution in [2.75, 3.05) is 44.0 Å². The Balaban J connectivity index is 1.91. The van der Waals surface area contributed by atoms with E-state index in [4.69, 9.17) is 19.9 Å². The Hall–Kier alpha value is -2.25. The topological polar surface area (TPSA) is 74.8 Å². The fourth-order valence-electron chi connectivity index (χ4n) is 3.15. The van der Waals surface area contributed by atoms with Gasteiger partial charge in [-0.05, 0) is 19.9 Å². The third-order valence-corrected chi connectivity index (χ3v) is 4.46. The van der Waals surface area contributed by atoms with E-state index >= 15 is 0 Å². The van der Waals surface area contributed by atoms with Crippen LogP contribution < -0.4 is 15.4 Å². The Morgan fingerprint density at radius 1 is 1.38 bits per heavy atom. The molecule has 1 aromatic heterocycles. The first-order valence-electron chi connectivity index (χ1n) is 8.92. The van der Waals surface area contributed by atoms with Crippen LogP contribution in [0.2, 0.25) is 0 Å². The zero-order chi connectivity index (χ0) is 18.7. The fraction of sp³-hybridized carbons (Fsp3) is 0.526. The van der Waals surface area contributed by atoms with Crippen molar-refractivity contribution in [2.24, 2.45) is 7.05 Å². The van der Waals surface area contributed by atoms with E-state index in [9.17, 15) is 0 Å². The van der Waals surface area contributed by atoms with Crippen molar-refractivity contribution in [1.82, 2.24) is 9.78 Å². The highest BCUT2D eigenvalue weighted by Crippen LogP contribution is 2.38. The fourth-order valence-corrected chi connectivity index (χ4v) is 3.15. The number of nitrogen functional groups attached to an aromatic ring is 1. The molecule has 1 fully saturated rings. The van der Waals surface area contributed by atoms with Crippen LogP contribution in [0.25, 0.3) is 11.1 Å². The van der Waals surface area contributed by atoms with Gasteiger partial charge >= 0.3 is 0 Å². The van der Waals surface area contributed by atoms with Gasteiger partial charge in [0.25, 0.3) is 0 Å². The van der Waals surface area contributed by atoms with Crippen molar-refractivity contribution in [3.63, 3.8) is 0 Å². The molecule has 2 aromatic rings. The lowest BCUT2D eigenvalue weighted by Gasteiger charge is -2.36. The summed E-state index contributed by atoms with van der Waals surface area (Å²) < 4.78 is 18.8. The quantitative estimate of drug-likeness (QED) is 0.797. The number of rotatable bonds is 6. The Morgan fingerprint density at radius 3 is 2.85 bits per heavy atom. The van der Waals surface area contributed by atoms with E-state index in [1.165, 1.54) is 0 Å². The molecule has 0 bridgehead atoms. The zero-order valence-electron chi connectivity index (χ0n) is 15.9. The average Bonchev–Trinajstić information content (AvgIpc) is 3.06.